The number of carbonyl (C=O) groups excluding carboxylic acids is 3. The van der Waals surface area contributed by atoms with Gasteiger partial charge in [0.05, 0.1) is 0 Å². The van der Waals surface area contributed by atoms with Crippen molar-refractivity contribution in [1.82, 2.24) is 5.32 Å². The number of para-hydroxylation sites is 1. The molecule has 0 aromatic heterocycles. The Labute approximate surface area is 193 Å². The molecule has 4 amide bonds. The fraction of sp³-hybridized carbons (Fsp3) is 0.192. The second kappa shape index (κ2) is 10.9. The fourth-order valence-electron chi connectivity index (χ4n) is 3.29. The molecule has 3 aromatic carbocycles. The van der Waals surface area contributed by atoms with Crippen molar-refractivity contribution in [3.05, 3.63) is 90.0 Å². The highest BCUT2D eigenvalue weighted by Gasteiger charge is 2.25. The van der Waals surface area contributed by atoms with Crippen LogP contribution >= 0.6 is 0 Å². The first-order valence-electron chi connectivity index (χ1n) is 10.7. The Morgan fingerprint density at radius 3 is 1.94 bits per heavy atom. The number of nitrogens with one attached hydrogen (secondary N) is 4. The lowest BCUT2D eigenvalue weighted by Gasteiger charge is -2.22. The molecule has 4 N–H and O–H groups in total. The molecule has 0 saturated carbocycles. The Morgan fingerprint density at radius 1 is 0.697 bits per heavy atom. The van der Waals surface area contributed by atoms with Crippen molar-refractivity contribution < 1.29 is 14.4 Å². The number of urea groups is 1. The molecule has 0 saturated heterocycles. The van der Waals surface area contributed by atoms with Crippen LogP contribution in [-0.4, -0.2) is 23.9 Å². The Bertz CT molecular complexity index is 1130. The lowest BCUT2D eigenvalue weighted by atomic mass is 10.0. The number of aryl methyl sites for hydroxylation is 1. The molecule has 0 bridgehead atoms. The molecule has 170 valence electrons. The lowest BCUT2D eigenvalue weighted by molar-refractivity contribution is -0.118. The van der Waals surface area contributed by atoms with Gasteiger partial charge in [-0.25, -0.2) is 4.79 Å². The molecule has 1 atom stereocenters. The van der Waals surface area contributed by atoms with Crippen LogP contribution in [0.1, 0.15) is 29.8 Å². The van der Waals surface area contributed by atoms with E-state index in [2.05, 4.69) is 21.3 Å². The first-order chi connectivity index (χ1) is 15.8. The molecule has 0 aliphatic rings. The Morgan fingerprint density at radius 2 is 1.27 bits per heavy atom. The first-order valence-corrected chi connectivity index (χ1v) is 10.7. The van der Waals surface area contributed by atoms with Crippen LogP contribution in [0.2, 0.25) is 0 Å². The van der Waals surface area contributed by atoms with Crippen LogP contribution in [0.4, 0.5) is 21.9 Å². The van der Waals surface area contributed by atoms with E-state index in [1.165, 1.54) is 0 Å². The van der Waals surface area contributed by atoms with Gasteiger partial charge in [-0.05, 0) is 54.8 Å². The highest BCUT2D eigenvalue weighted by atomic mass is 16.2. The van der Waals surface area contributed by atoms with E-state index in [4.69, 9.17) is 0 Å². The second-order valence-electron chi connectivity index (χ2n) is 8.03. The third kappa shape index (κ3) is 6.67. The third-order valence-electron chi connectivity index (χ3n) is 5.05. The van der Waals surface area contributed by atoms with Gasteiger partial charge in [0.2, 0.25) is 5.91 Å². The molecule has 7 heteroatoms. The second-order valence-corrected chi connectivity index (χ2v) is 8.03. The molecule has 0 fully saturated rings. The zero-order valence-electron chi connectivity index (χ0n) is 18.9. The van der Waals surface area contributed by atoms with Gasteiger partial charge < -0.3 is 21.3 Å². The van der Waals surface area contributed by atoms with E-state index >= 15 is 0 Å². The van der Waals surface area contributed by atoms with Crippen molar-refractivity contribution in [3.8, 4) is 0 Å². The van der Waals surface area contributed by atoms with E-state index in [-0.39, 0.29) is 17.7 Å². The minimum Gasteiger partial charge on any atom is -0.340 e. The number of carbonyl (C=O) groups is 3. The van der Waals surface area contributed by atoms with Gasteiger partial charge in [-0.2, -0.15) is 0 Å². The van der Waals surface area contributed by atoms with Crippen molar-refractivity contribution in [2.24, 2.45) is 5.92 Å². The summed E-state index contributed by atoms with van der Waals surface area (Å²) in [6.45, 7) is 5.59. The number of amides is 4. The molecule has 0 spiro atoms. The first kappa shape index (κ1) is 23.5. The van der Waals surface area contributed by atoms with E-state index < -0.39 is 12.1 Å². The Hall–Kier alpha value is -4.13. The molecule has 0 aliphatic carbocycles. The smallest absolute Gasteiger partial charge is 0.323 e. The normalized spacial score (nSPS) is 11.4. The quantitative estimate of drug-likeness (QED) is 0.411. The fourth-order valence-corrected chi connectivity index (χ4v) is 3.29. The maximum atomic E-state index is 13.0. The van der Waals surface area contributed by atoms with Crippen LogP contribution < -0.4 is 21.3 Å². The number of benzene rings is 3. The van der Waals surface area contributed by atoms with E-state index in [0.717, 1.165) is 5.56 Å². The van der Waals surface area contributed by atoms with Crippen molar-refractivity contribution in [1.29, 1.82) is 0 Å². The summed E-state index contributed by atoms with van der Waals surface area (Å²) in [7, 11) is 0. The van der Waals surface area contributed by atoms with Crippen LogP contribution in [0.5, 0.6) is 0 Å². The predicted octanol–water partition coefficient (Wildman–Crippen LogP) is 5.03. The van der Waals surface area contributed by atoms with Gasteiger partial charge in [-0.3, -0.25) is 9.59 Å². The maximum Gasteiger partial charge on any atom is 0.323 e. The number of hydrogen-bond donors (Lipinski definition) is 4. The van der Waals surface area contributed by atoms with Gasteiger partial charge in [0, 0.05) is 22.6 Å². The average Bonchev–Trinajstić information content (AvgIpc) is 2.78. The number of anilines is 3. The Kier molecular flexibility index (Phi) is 7.81. The van der Waals surface area contributed by atoms with Crippen LogP contribution in [0.3, 0.4) is 0 Å². The predicted molar refractivity (Wildman–Crippen MR) is 131 cm³/mol. The molecule has 3 aromatic rings. The standard InChI is InChI=1S/C26H28N4O3/c1-17(2)23(30-24(31)22-15-8-7-10-18(22)3)25(32)27-20-13-9-14-21(16-20)29-26(33)28-19-11-5-4-6-12-19/h4-17,23H,1-3H3,(H,27,32)(H,30,31)(H2,28,29,33)/t23-/m1/s1. The monoisotopic (exact) mass is 444 g/mol. The van der Waals surface area contributed by atoms with E-state index in [9.17, 15) is 14.4 Å². The average molecular weight is 445 g/mol. The summed E-state index contributed by atoms with van der Waals surface area (Å²) in [5.41, 5.74) is 3.07. The van der Waals surface area contributed by atoms with Gasteiger partial charge >= 0.3 is 6.03 Å². The molecule has 0 radical (unpaired) electrons. The highest BCUT2D eigenvalue weighted by Crippen LogP contribution is 2.17. The lowest BCUT2D eigenvalue weighted by Crippen LogP contribution is -2.47. The highest BCUT2D eigenvalue weighted by molar-refractivity contribution is 6.03. The van der Waals surface area contributed by atoms with Gasteiger partial charge in [-0.15, -0.1) is 0 Å². The summed E-state index contributed by atoms with van der Waals surface area (Å²) >= 11 is 0. The van der Waals surface area contributed by atoms with Gasteiger partial charge in [0.15, 0.2) is 0 Å². The summed E-state index contributed by atoms with van der Waals surface area (Å²) in [4.78, 5) is 37.9. The van der Waals surface area contributed by atoms with Gasteiger partial charge in [0.25, 0.3) is 5.91 Å². The van der Waals surface area contributed by atoms with E-state index in [1.807, 2.05) is 51.1 Å². The Balaban J connectivity index is 1.64. The number of hydrogen-bond acceptors (Lipinski definition) is 3. The molecular formula is C26H28N4O3. The summed E-state index contributed by atoms with van der Waals surface area (Å²) in [5, 5.41) is 11.2. The largest absolute Gasteiger partial charge is 0.340 e. The molecule has 0 unspecified atom stereocenters. The maximum absolute atomic E-state index is 13.0. The zero-order valence-corrected chi connectivity index (χ0v) is 18.9. The summed E-state index contributed by atoms with van der Waals surface area (Å²) < 4.78 is 0. The minimum absolute atomic E-state index is 0.129. The van der Waals surface area contributed by atoms with Gasteiger partial charge in [-0.1, -0.05) is 56.3 Å². The minimum atomic E-state index is -0.727. The molecule has 33 heavy (non-hydrogen) atoms. The molecule has 0 aliphatic heterocycles. The summed E-state index contributed by atoms with van der Waals surface area (Å²) in [6, 6.07) is 22.0. The molecule has 0 heterocycles. The van der Waals surface area contributed by atoms with Crippen molar-refractivity contribution in [2.45, 2.75) is 26.8 Å². The zero-order chi connectivity index (χ0) is 23.8. The molecule has 7 nitrogen and oxygen atoms in total. The van der Waals surface area contributed by atoms with Gasteiger partial charge in [0.1, 0.15) is 6.04 Å². The third-order valence-corrected chi connectivity index (χ3v) is 5.05. The summed E-state index contributed by atoms with van der Waals surface area (Å²) in [5.74, 6) is -0.760. The topological polar surface area (TPSA) is 99.3 Å². The van der Waals surface area contributed by atoms with Crippen LogP contribution in [-0.2, 0) is 4.79 Å². The van der Waals surface area contributed by atoms with Crippen molar-refractivity contribution >= 4 is 34.9 Å². The van der Waals surface area contributed by atoms with E-state index in [0.29, 0.717) is 22.6 Å². The van der Waals surface area contributed by atoms with Crippen LogP contribution in [0.15, 0.2) is 78.9 Å². The van der Waals surface area contributed by atoms with E-state index in [1.54, 1.807) is 48.5 Å². The molecular weight excluding hydrogens is 416 g/mol. The summed E-state index contributed by atoms with van der Waals surface area (Å²) in [6.07, 6.45) is 0. The molecule has 3 rings (SSSR count). The van der Waals surface area contributed by atoms with Crippen molar-refractivity contribution in [3.63, 3.8) is 0 Å². The van der Waals surface area contributed by atoms with Crippen molar-refractivity contribution in [2.75, 3.05) is 16.0 Å². The van der Waals surface area contributed by atoms with Crippen LogP contribution in [0.25, 0.3) is 0 Å². The number of rotatable bonds is 7. The SMILES string of the molecule is Cc1ccccc1C(=O)N[C@@H](C(=O)Nc1cccc(NC(=O)Nc2ccccc2)c1)C(C)C. The van der Waals surface area contributed by atoms with Crippen LogP contribution in [0, 0.1) is 12.8 Å².